The Morgan fingerprint density at radius 2 is 2.07 bits per heavy atom. The van der Waals surface area contributed by atoms with Crippen molar-refractivity contribution in [3.8, 4) is 11.5 Å². The van der Waals surface area contributed by atoms with Crippen molar-refractivity contribution in [1.82, 2.24) is 9.99 Å². The number of rotatable bonds is 4. The van der Waals surface area contributed by atoms with Crippen molar-refractivity contribution < 1.29 is 18.7 Å². The average molecular weight is 433 g/mol. The Kier molecular flexibility index (Phi) is 5.05. The molecule has 2 atom stereocenters. The predicted octanol–water partition coefficient (Wildman–Crippen LogP) is 4.45. The monoisotopic (exact) mass is 432 g/mol. The van der Waals surface area contributed by atoms with Gasteiger partial charge in [0.05, 0.1) is 24.1 Å². The van der Waals surface area contributed by atoms with Crippen molar-refractivity contribution in [1.29, 1.82) is 0 Å². The SMILES string of the molecule is CCC1(C)Oc2cc(Cl)c(C3CC(C(=O)Nc4cncc(F)c4C)=NN3C)cc2O1. The van der Waals surface area contributed by atoms with E-state index in [2.05, 4.69) is 15.4 Å². The molecule has 2 unspecified atom stereocenters. The summed E-state index contributed by atoms with van der Waals surface area (Å²) in [5.74, 6) is -0.393. The molecule has 0 radical (unpaired) electrons. The van der Waals surface area contributed by atoms with Gasteiger partial charge in [-0.2, -0.15) is 5.10 Å². The van der Waals surface area contributed by atoms with Gasteiger partial charge in [0.15, 0.2) is 11.5 Å². The van der Waals surface area contributed by atoms with E-state index in [-0.39, 0.29) is 6.04 Å². The highest BCUT2D eigenvalue weighted by Crippen LogP contribution is 2.46. The number of nitrogens with zero attached hydrogens (tertiary/aromatic N) is 3. The van der Waals surface area contributed by atoms with Crippen molar-refractivity contribution in [2.75, 3.05) is 12.4 Å². The molecule has 2 aliphatic rings. The van der Waals surface area contributed by atoms with Crippen LogP contribution in [0.5, 0.6) is 11.5 Å². The average Bonchev–Trinajstić information content (AvgIpc) is 3.24. The fourth-order valence-corrected chi connectivity index (χ4v) is 3.76. The fourth-order valence-electron chi connectivity index (χ4n) is 3.48. The van der Waals surface area contributed by atoms with E-state index in [0.717, 1.165) is 11.8 Å². The van der Waals surface area contributed by atoms with Crippen molar-refractivity contribution in [2.45, 2.75) is 45.4 Å². The van der Waals surface area contributed by atoms with Gasteiger partial charge in [0, 0.05) is 43.5 Å². The number of nitrogens with one attached hydrogen (secondary N) is 1. The lowest BCUT2D eigenvalue weighted by atomic mass is 10.0. The third-order valence-electron chi connectivity index (χ3n) is 5.50. The first kappa shape index (κ1) is 20.4. The van der Waals surface area contributed by atoms with Crippen molar-refractivity contribution >= 4 is 28.9 Å². The number of anilines is 1. The maximum absolute atomic E-state index is 13.7. The molecule has 0 aliphatic carbocycles. The van der Waals surface area contributed by atoms with E-state index in [0.29, 0.717) is 46.3 Å². The van der Waals surface area contributed by atoms with Gasteiger partial charge in [-0.1, -0.05) is 18.5 Å². The smallest absolute Gasteiger partial charge is 0.271 e. The number of carbonyl (C=O) groups is 1. The Hall–Kier alpha value is -2.87. The number of aromatic nitrogens is 1. The van der Waals surface area contributed by atoms with Crippen LogP contribution >= 0.6 is 11.6 Å². The van der Waals surface area contributed by atoms with E-state index in [1.165, 1.54) is 6.20 Å². The molecule has 1 N–H and O–H groups in total. The van der Waals surface area contributed by atoms with Crippen LogP contribution in [0.4, 0.5) is 10.1 Å². The number of halogens is 2. The fraction of sp³-hybridized carbons (Fsp3) is 0.381. The van der Waals surface area contributed by atoms with Crippen LogP contribution in [-0.4, -0.2) is 34.4 Å². The molecule has 1 aromatic heterocycles. The largest absolute Gasteiger partial charge is 0.449 e. The van der Waals surface area contributed by atoms with Gasteiger partial charge in [0.1, 0.15) is 11.5 Å². The van der Waals surface area contributed by atoms with Crippen LogP contribution in [0.2, 0.25) is 5.02 Å². The number of pyridine rings is 1. The molecule has 0 fully saturated rings. The third-order valence-corrected chi connectivity index (χ3v) is 5.82. The molecule has 30 heavy (non-hydrogen) atoms. The van der Waals surface area contributed by atoms with Crippen molar-refractivity contribution in [3.63, 3.8) is 0 Å². The number of hydrogen-bond acceptors (Lipinski definition) is 6. The maximum atomic E-state index is 13.7. The number of benzene rings is 1. The number of fused-ring (bicyclic) bond motifs is 1. The molecule has 1 aromatic carbocycles. The maximum Gasteiger partial charge on any atom is 0.271 e. The molecule has 0 spiro atoms. The van der Waals surface area contributed by atoms with Gasteiger partial charge in [0.2, 0.25) is 5.79 Å². The Bertz CT molecular complexity index is 1060. The Balaban J connectivity index is 1.53. The summed E-state index contributed by atoms with van der Waals surface area (Å²) >= 11 is 6.52. The molecular formula is C21H22ClFN4O3. The molecule has 7 nitrogen and oxygen atoms in total. The molecule has 2 aliphatic heterocycles. The normalized spacial score (nSPS) is 22.3. The quantitative estimate of drug-likeness (QED) is 0.772. The standard InChI is InChI=1S/C21H22ClFN4O3/c1-5-21(3)29-18-6-12(13(22)7-19(18)30-21)17-8-15(26-27(17)4)20(28)25-16-10-24-9-14(23)11(16)2/h6-7,9-10,17H,5,8H2,1-4H3,(H,25,28). The first-order valence-electron chi connectivity index (χ1n) is 9.64. The summed E-state index contributed by atoms with van der Waals surface area (Å²) in [6, 6.07) is 3.34. The van der Waals surface area contributed by atoms with Crippen LogP contribution < -0.4 is 14.8 Å². The third kappa shape index (κ3) is 3.56. The Morgan fingerprint density at radius 3 is 2.77 bits per heavy atom. The molecule has 0 saturated heterocycles. The summed E-state index contributed by atoms with van der Waals surface area (Å²) in [7, 11) is 1.77. The highest BCUT2D eigenvalue weighted by molar-refractivity contribution is 6.43. The number of ether oxygens (including phenoxy) is 2. The minimum absolute atomic E-state index is 0.243. The second kappa shape index (κ2) is 7.43. The molecule has 1 amide bonds. The minimum Gasteiger partial charge on any atom is -0.449 e. The van der Waals surface area contributed by atoms with E-state index in [1.807, 2.05) is 19.9 Å². The van der Waals surface area contributed by atoms with Crippen LogP contribution in [0.1, 0.15) is 43.9 Å². The summed E-state index contributed by atoms with van der Waals surface area (Å²) < 4.78 is 25.5. The summed E-state index contributed by atoms with van der Waals surface area (Å²) in [6.07, 6.45) is 3.54. The first-order chi connectivity index (χ1) is 14.2. The zero-order valence-electron chi connectivity index (χ0n) is 17.1. The summed E-state index contributed by atoms with van der Waals surface area (Å²) in [5.41, 5.74) is 1.74. The van der Waals surface area contributed by atoms with Gasteiger partial charge >= 0.3 is 0 Å². The molecule has 4 rings (SSSR count). The molecule has 158 valence electrons. The van der Waals surface area contributed by atoms with Gasteiger partial charge in [-0.15, -0.1) is 0 Å². The topological polar surface area (TPSA) is 76.0 Å². The zero-order valence-corrected chi connectivity index (χ0v) is 17.9. The van der Waals surface area contributed by atoms with Crippen LogP contribution in [0.15, 0.2) is 29.6 Å². The number of hydrogen-bond donors (Lipinski definition) is 1. The van der Waals surface area contributed by atoms with Crippen molar-refractivity contribution in [2.24, 2.45) is 5.10 Å². The zero-order chi connectivity index (χ0) is 21.6. The van der Waals surface area contributed by atoms with Gasteiger partial charge in [-0.05, 0) is 18.6 Å². The lowest BCUT2D eigenvalue weighted by Gasteiger charge is -2.21. The molecule has 0 bridgehead atoms. The Morgan fingerprint density at radius 1 is 1.37 bits per heavy atom. The summed E-state index contributed by atoms with van der Waals surface area (Å²) in [6.45, 7) is 5.43. The van der Waals surface area contributed by atoms with E-state index < -0.39 is 17.5 Å². The summed E-state index contributed by atoms with van der Waals surface area (Å²) in [5, 5.41) is 9.25. The van der Waals surface area contributed by atoms with Crippen LogP contribution in [0.25, 0.3) is 0 Å². The molecule has 2 aromatic rings. The number of amides is 1. The Labute approximate surface area is 178 Å². The summed E-state index contributed by atoms with van der Waals surface area (Å²) in [4.78, 5) is 16.5. The van der Waals surface area contributed by atoms with Gasteiger partial charge < -0.3 is 14.8 Å². The highest BCUT2D eigenvalue weighted by Gasteiger charge is 2.38. The number of hydrazone groups is 1. The van der Waals surface area contributed by atoms with Crippen LogP contribution in [0.3, 0.4) is 0 Å². The molecule has 3 heterocycles. The lowest BCUT2D eigenvalue weighted by Crippen LogP contribution is -2.33. The van der Waals surface area contributed by atoms with E-state index >= 15 is 0 Å². The second-order valence-corrected chi connectivity index (χ2v) is 8.01. The van der Waals surface area contributed by atoms with Crippen molar-refractivity contribution in [3.05, 3.63) is 46.5 Å². The first-order valence-corrected chi connectivity index (χ1v) is 10.0. The highest BCUT2D eigenvalue weighted by atomic mass is 35.5. The number of carbonyl (C=O) groups excluding carboxylic acids is 1. The second-order valence-electron chi connectivity index (χ2n) is 7.60. The predicted molar refractivity (Wildman–Crippen MR) is 112 cm³/mol. The lowest BCUT2D eigenvalue weighted by molar-refractivity contribution is -0.110. The molecule has 9 heteroatoms. The van der Waals surface area contributed by atoms with Gasteiger partial charge in [-0.3, -0.25) is 14.8 Å². The van der Waals surface area contributed by atoms with Gasteiger partial charge in [0.25, 0.3) is 5.91 Å². The molecular weight excluding hydrogens is 411 g/mol. The molecule has 0 saturated carbocycles. The van der Waals surface area contributed by atoms with E-state index in [1.54, 1.807) is 25.0 Å². The van der Waals surface area contributed by atoms with E-state index in [4.69, 9.17) is 21.1 Å². The van der Waals surface area contributed by atoms with Crippen LogP contribution in [-0.2, 0) is 4.79 Å². The van der Waals surface area contributed by atoms with Gasteiger partial charge in [-0.25, -0.2) is 4.39 Å². The van der Waals surface area contributed by atoms with Crippen LogP contribution in [0, 0.1) is 12.7 Å². The minimum atomic E-state index is -0.718. The van der Waals surface area contributed by atoms with E-state index in [9.17, 15) is 9.18 Å².